The second-order valence-corrected chi connectivity index (χ2v) is 6.20. The molecule has 0 aliphatic carbocycles. The summed E-state index contributed by atoms with van der Waals surface area (Å²) in [4.78, 5) is 11.9. The lowest BCUT2D eigenvalue weighted by molar-refractivity contribution is 0.0494. The minimum atomic E-state index is -0.376. The van der Waals surface area contributed by atoms with Gasteiger partial charge >= 0.3 is 5.97 Å². The lowest BCUT2D eigenvalue weighted by Crippen LogP contribution is -2.08. The first kappa shape index (κ1) is 20.2. The van der Waals surface area contributed by atoms with Crippen molar-refractivity contribution in [3.8, 4) is 17.2 Å². The van der Waals surface area contributed by atoms with Crippen molar-refractivity contribution in [2.75, 3.05) is 19.8 Å². The van der Waals surface area contributed by atoms with Crippen LogP contribution in [0.25, 0.3) is 0 Å². The van der Waals surface area contributed by atoms with Crippen LogP contribution in [0.15, 0.2) is 36.4 Å². The summed E-state index contributed by atoms with van der Waals surface area (Å²) in [6, 6.07) is 9.54. The Hall–Kier alpha value is -2.11. The average molecular weight is 399 g/mol. The van der Waals surface area contributed by atoms with Crippen molar-refractivity contribution < 1.29 is 24.1 Å². The maximum absolute atomic E-state index is 11.9. The number of ether oxygens (including phenoxy) is 3. The number of esters is 1. The molecule has 7 heteroatoms. The number of carbonyl (C=O) groups is 1. The standard InChI is InChI=1S/C19H20Cl2O5/c1-2-24-15-7-5-13(6-8-15)19(23)26-10-4-3-9-25-18-16(20)11-14(22)12-17(18)21/h5-8,11-12,22H,2-4,9-10H2,1H3. The Bertz CT molecular complexity index is 708. The third kappa shape index (κ3) is 6.00. The van der Waals surface area contributed by atoms with Crippen molar-refractivity contribution in [3.63, 3.8) is 0 Å². The number of aromatic hydroxyl groups is 1. The first-order chi connectivity index (χ1) is 12.5. The number of hydrogen-bond donors (Lipinski definition) is 1. The molecule has 0 spiro atoms. The Labute approximate surface area is 162 Å². The molecule has 0 heterocycles. The van der Waals surface area contributed by atoms with Gasteiger partial charge in [0, 0.05) is 12.1 Å². The fourth-order valence-corrected chi connectivity index (χ4v) is 2.75. The largest absolute Gasteiger partial charge is 0.508 e. The second kappa shape index (κ2) is 10.1. The summed E-state index contributed by atoms with van der Waals surface area (Å²) >= 11 is 11.9. The van der Waals surface area contributed by atoms with Gasteiger partial charge < -0.3 is 19.3 Å². The smallest absolute Gasteiger partial charge is 0.338 e. The topological polar surface area (TPSA) is 65.0 Å². The maximum atomic E-state index is 11.9. The van der Waals surface area contributed by atoms with Crippen LogP contribution in [0.5, 0.6) is 17.2 Å². The molecule has 0 saturated heterocycles. The molecule has 2 aromatic rings. The van der Waals surface area contributed by atoms with Crippen LogP contribution in [0.3, 0.4) is 0 Å². The van der Waals surface area contributed by atoms with Crippen LogP contribution >= 0.6 is 23.2 Å². The predicted octanol–water partition coefficient (Wildman–Crippen LogP) is 5.11. The number of phenols is 1. The molecule has 0 aliphatic rings. The van der Waals surface area contributed by atoms with Crippen LogP contribution in [0, 0.1) is 0 Å². The number of hydrogen-bond acceptors (Lipinski definition) is 5. The third-order valence-corrected chi connectivity index (χ3v) is 3.96. The van der Waals surface area contributed by atoms with Crippen molar-refractivity contribution in [3.05, 3.63) is 52.0 Å². The van der Waals surface area contributed by atoms with E-state index in [1.807, 2.05) is 6.92 Å². The Morgan fingerprint density at radius 2 is 1.62 bits per heavy atom. The molecule has 1 N–H and O–H groups in total. The van der Waals surface area contributed by atoms with Gasteiger partial charge in [0.15, 0.2) is 5.75 Å². The van der Waals surface area contributed by atoms with Crippen LogP contribution in [-0.2, 0) is 4.74 Å². The number of unbranched alkanes of at least 4 members (excludes halogenated alkanes) is 1. The molecule has 0 amide bonds. The summed E-state index contributed by atoms with van der Waals surface area (Å²) in [7, 11) is 0. The molecule has 0 aromatic heterocycles. The zero-order chi connectivity index (χ0) is 18.9. The minimum Gasteiger partial charge on any atom is -0.508 e. The van der Waals surface area contributed by atoms with Crippen molar-refractivity contribution in [1.82, 2.24) is 0 Å². The Balaban J connectivity index is 1.68. The highest BCUT2D eigenvalue weighted by molar-refractivity contribution is 6.37. The fourth-order valence-electron chi connectivity index (χ4n) is 2.16. The molecule has 0 unspecified atom stereocenters. The van der Waals surface area contributed by atoms with Crippen molar-refractivity contribution in [2.45, 2.75) is 19.8 Å². The Morgan fingerprint density at radius 3 is 2.23 bits per heavy atom. The number of carbonyl (C=O) groups excluding carboxylic acids is 1. The molecule has 0 saturated carbocycles. The van der Waals surface area contributed by atoms with Gasteiger partial charge in [0.25, 0.3) is 0 Å². The van der Waals surface area contributed by atoms with E-state index in [4.69, 9.17) is 37.4 Å². The van der Waals surface area contributed by atoms with E-state index in [0.717, 1.165) is 0 Å². The van der Waals surface area contributed by atoms with Crippen LogP contribution in [-0.4, -0.2) is 30.9 Å². The van der Waals surface area contributed by atoms with Gasteiger partial charge in [-0.2, -0.15) is 0 Å². The molecular formula is C19H20Cl2O5. The molecule has 5 nitrogen and oxygen atoms in total. The van der Waals surface area contributed by atoms with Gasteiger partial charge in [-0.1, -0.05) is 23.2 Å². The molecule has 0 aliphatic heterocycles. The number of phenolic OH excluding ortho intramolecular Hbond substituents is 1. The molecule has 0 radical (unpaired) electrons. The van der Waals surface area contributed by atoms with E-state index in [1.54, 1.807) is 24.3 Å². The highest BCUT2D eigenvalue weighted by Gasteiger charge is 2.10. The van der Waals surface area contributed by atoms with Crippen LogP contribution in [0.4, 0.5) is 0 Å². The zero-order valence-corrected chi connectivity index (χ0v) is 15.8. The maximum Gasteiger partial charge on any atom is 0.338 e. The van der Waals surface area contributed by atoms with Crippen LogP contribution in [0.2, 0.25) is 10.0 Å². The van der Waals surface area contributed by atoms with E-state index in [-0.39, 0.29) is 28.4 Å². The molecule has 2 aromatic carbocycles. The summed E-state index contributed by atoms with van der Waals surface area (Å²) in [6.07, 6.45) is 1.29. The van der Waals surface area contributed by atoms with Gasteiger partial charge in [-0.05, 0) is 44.0 Å². The molecule has 0 bridgehead atoms. The Morgan fingerprint density at radius 1 is 1.00 bits per heavy atom. The van der Waals surface area contributed by atoms with E-state index < -0.39 is 0 Å². The lowest BCUT2D eigenvalue weighted by atomic mass is 10.2. The van der Waals surface area contributed by atoms with E-state index in [1.165, 1.54) is 12.1 Å². The second-order valence-electron chi connectivity index (χ2n) is 5.39. The van der Waals surface area contributed by atoms with Crippen molar-refractivity contribution >= 4 is 29.2 Å². The quantitative estimate of drug-likeness (QED) is 0.469. The minimum absolute atomic E-state index is 0.0199. The first-order valence-corrected chi connectivity index (χ1v) is 8.97. The predicted molar refractivity (Wildman–Crippen MR) is 101 cm³/mol. The van der Waals surface area contributed by atoms with E-state index in [9.17, 15) is 9.90 Å². The average Bonchev–Trinajstić information content (AvgIpc) is 2.60. The molecule has 0 atom stereocenters. The van der Waals surface area contributed by atoms with Crippen molar-refractivity contribution in [2.24, 2.45) is 0 Å². The highest BCUT2D eigenvalue weighted by Crippen LogP contribution is 2.36. The number of rotatable bonds is 9. The molecule has 2 rings (SSSR count). The lowest BCUT2D eigenvalue weighted by Gasteiger charge is -2.10. The molecule has 26 heavy (non-hydrogen) atoms. The van der Waals surface area contributed by atoms with Crippen LogP contribution in [0.1, 0.15) is 30.1 Å². The van der Waals surface area contributed by atoms with Gasteiger partial charge in [0.2, 0.25) is 0 Å². The highest BCUT2D eigenvalue weighted by atomic mass is 35.5. The molecule has 0 fully saturated rings. The summed E-state index contributed by atoms with van der Waals surface area (Å²) in [5.74, 6) is 0.650. The van der Waals surface area contributed by atoms with Crippen molar-refractivity contribution in [1.29, 1.82) is 0 Å². The number of halogens is 2. The summed E-state index contributed by atoms with van der Waals surface area (Å²) in [6.45, 7) is 3.12. The zero-order valence-electron chi connectivity index (χ0n) is 14.3. The van der Waals surface area contributed by atoms with E-state index >= 15 is 0 Å². The van der Waals surface area contributed by atoms with Gasteiger partial charge in [0.05, 0.1) is 35.4 Å². The SMILES string of the molecule is CCOc1ccc(C(=O)OCCCCOc2c(Cl)cc(O)cc2Cl)cc1. The third-order valence-electron chi connectivity index (χ3n) is 3.40. The molecular weight excluding hydrogens is 379 g/mol. The summed E-state index contributed by atoms with van der Waals surface area (Å²) < 4.78 is 16.1. The van der Waals surface area contributed by atoms with Crippen LogP contribution < -0.4 is 9.47 Å². The van der Waals surface area contributed by atoms with Gasteiger partial charge in [-0.25, -0.2) is 4.79 Å². The van der Waals surface area contributed by atoms with Gasteiger partial charge in [-0.3, -0.25) is 0 Å². The number of benzene rings is 2. The van der Waals surface area contributed by atoms with E-state index in [2.05, 4.69) is 0 Å². The summed E-state index contributed by atoms with van der Waals surface area (Å²) in [5.41, 5.74) is 0.479. The fraction of sp³-hybridized carbons (Fsp3) is 0.316. The Kier molecular flexibility index (Phi) is 7.88. The summed E-state index contributed by atoms with van der Waals surface area (Å²) in [5, 5.41) is 9.86. The normalized spacial score (nSPS) is 10.4. The van der Waals surface area contributed by atoms with Gasteiger partial charge in [0.1, 0.15) is 11.5 Å². The van der Waals surface area contributed by atoms with E-state index in [0.29, 0.717) is 43.1 Å². The monoisotopic (exact) mass is 398 g/mol. The first-order valence-electron chi connectivity index (χ1n) is 8.22. The van der Waals surface area contributed by atoms with Gasteiger partial charge in [-0.15, -0.1) is 0 Å². The molecule has 140 valence electrons.